The molecule has 4 heteroatoms. The van der Waals surface area contributed by atoms with Gasteiger partial charge in [0, 0.05) is 18.7 Å². The Morgan fingerprint density at radius 1 is 1.28 bits per heavy atom. The number of hydrogen-bond acceptors (Lipinski definition) is 3. The van der Waals surface area contributed by atoms with Crippen LogP contribution in [0.4, 0.5) is 4.39 Å². The minimum absolute atomic E-state index is 0.133. The monoisotopic (exact) mass is 343 g/mol. The molecule has 25 heavy (non-hydrogen) atoms. The average Bonchev–Trinajstić information content (AvgIpc) is 2.55. The minimum atomic E-state index is -0.543. The molecule has 0 atom stereocenters. The highest BCUT2D eigenvalue weighted by molar-refractivity contribution is 6.04. The molecule has 0 aliphatic carbocycles. The van der Waals surface area contributed by atoms with Crippen molar-refractivity contribution in [3.63, 3.8) is 0 Å². The summed E-state index contributed by atoms with van der Waals surface area (Å²) in [5.74, 6) is -0.652. The molecule has 134 valence electrons. The number of nitrogens with zero attached hydrogens (tertiary/aromatic N) is 1. The molecule has 0 saturated carbocycles. The van der Waals surface area contributed by atoms with E-state index in [1.807, 2.05) is 45.2 Å². The number of ether oxygens (including phenoxy) is 1. The number of benzene rings is 1. The number of rotatable bonds is 10. The minimum Gasteiger partial charge on any atom is -0.486 e. The molecular weight excluding hydrogens is 317 g/mol. The SMILES string of the molecule is C=CCN(C)CC=CCOc1ccc(C(=O)C=CC=C(C)C)cc1F. The third-order valence-corrected chi connectivity index (χ3v) is 3.25. The van der Waals surface area contributed by atoms with Gasteiger partial charge in [-0.25, -0.2) is 4.39 Å². The van der Waals surface area contributed by atoms with Crippen LogP contribution >= 0.6 is 0 Å². The molecule has 1 aromatic rings. The van der Waals surface area contributed by atoms with Gasteiger partial charge in [-0.05, 0) is 45.2 Å². The fourth-order valence-corrected chi connectivity index (χ4v) is 1.95. The van der Waals surface area contributed by atoms with Gasteiger partial charge in [0.05, 0.1) is 0 Å². The highest BCUT2D eigenvalue weighted by atomic mass is 19.1. The Balaban J connectivity index is 2.57. The Bertz CT molecular complexity index is 670. The van der Waals surface area contributed by atoms with Gasteiger partial charge in [0.1, 0.15) is 6.61 Å². The van der Waals surface area contributed by atoms with Crippen molar-refractivity contribution in [1.29, 1.82) is 0 Å². The molecule has 1 rings (SSSR count). The Labute approximate surface area is 149 Å². The maximum atomic E-state index is 14.0. The van der Waals surface area contributed by atoms with Crippen molar-refractivity contribution < 1.29 is 13.9 Å². The van der Waals surface area contributed by atoms with E-state index in [4.69, 9.17) is 4.74 Å². The topological polar surface area (TPSA) is 29.5 Å². The summed E-state index contributed by atoms with van der Waals surface area (Å²) in [5, 5.41) is 0. The number of hydrogen-bond donors (Lipinski definition) is 0. The second-order valence-corrected chi connectivity index (χ2v) is 5.90. The van der Waals surface area contributed by atoms with E-state index in [1.54, 1.807) is 12.1 Å². The van der Waals surface area contributed by atoms with Crippen molar-refractivity contribution in [3.8, 4) is 5.75 Å². The summed E-state index contributed by atoms with van der Waals surface area (Å²) < 4.78 is 19.4. The molecular formula is C21H26FNO2. The summed E-state index contributed by atoms with van der Waals surface area (Å²) in [6, 6.07) is 4.25. The van der Waals surface area contributed by atoms with Crippen molar-refractivity contribution in [2.45, 2.75) is 13.8 Å². The molecule has 0 saturated heterocycles. The van der Waals surface area contributed by atoms with Gasteiger partial charge in [-0.15, -0.1) is 6.58 Å². The molecule has 0 heterocycles. The third kappa shape index (κ3) is 8.27. The van der Waals surface area contributed by atoms with Crippen LogP contribution in [0.3, 0.4) is 0 Å². The van der Waals surface area contributed by atoms with Crippen LogP contribution < -0.4 is 4.74 Å². The second-order valence-electron chi connectivity index (χ2n) is 5.90. The summed E-state index contributed by atoms with van der Waals surface area (Å²) in [6.07, 6.45) is 10.5. The van der Waals surface area contributed by atoms with Gasteiger partial charge >= 0.3 is 0 Å². The first kappa shape index (κ1) is 20.6. The molecule has 0 bridgehead atoms. The van der Waals surface area contributed by atoms with Crippen LogP contribution in [0.15, 0.2) is 66.8 Å². The molecule has 0 aliphatic rings. The fourth-order valence-electron chi connectivity index (χ4n) is 1.95. The van der Waals surface area contributed by atoms with Crippen LogP contribution in [0.5, 0.6) is 5.75 Å². The van der Waals surface area contributed by atoms with Gasteiger partial charge in [0.25, 0.3) is 0 Å². The predicted molar refractivity (Wildman–Crippen MR) is 102 cm³/mol. The molecule has 3 nitrogen and oxygen atoms in total. The maximum Gasteiger partial charge on any atom is 0.185 e. The maximum absolute atomic E-state index is 14.0. The van der Waals surface area contributed by atoms with Crippen LogP contribution in [0.2, 0.25) is 0 Å². The number of allylic oxidation sites excluding steroid dienone is 4. The lowest BCUT2D eigenvalue weighted by molar-refractivity contribution is 0.104. The van der Waals surface area contributed by atoms with Crippen LogP contribution in [-0.2, 0) is 0 Å². The highest BCUT2D eigenvalue weighted by Crippen LogP contribution is 2.19. The van der Waals surface area contributed by atoms with Crippen LogP contribution in [0, 0.1) is 5.82 Å². The Kier molecular flexibility index (Phi) is 9.19. The quantitative estimate of drug-likeness (QED) is 0.269. The van der Waals surface area contributed by atoms with Crippen molar-refractivity contribution >= 4 is 5.78 Å². The summed E-state index contributed by atoms with van der Waals surface area (Å²) in [5.41, 5.74) is 1.38. The summed E-state index contributed by atoms with van der Waals surface area (Å²) in [7, 11) is 1.98. The summed E-state index contributed by atoms with van der Waals surface area (Å²) >= 11 is 0. The zero-order valence-corrected chi connectivity index (χ0v) is 15.2. The van der Waals surface area contributed by atoms with Gasteiger partial charge in [0.2, 0.25) is 0 Å². The van der Waals surface area contributed by atoms with Gasteiger partial charge in [0.15, 0.2) is 17.3 Å². The number of carbonyl (C=O) groups is 1. The number of halogens is 1. The first-order valence-electron chi connectivity index (χ1n) is 8.16. The molecule has 0 radical (unpaired) electrons. The fraction of sp³-hybridized carbons (Fsp3) is 0.286. The molecule has 0 spiro atoms. The molecule has 1 aromatic carbocycles. The standard InChI is InChI=1S/C21H26FNO2/c1-5-13-23(4)14-6-7-15-25-21-12-11-18(16-19(21)22)20(24)10-8-9-17(2)3/h5-12,16H,1,13-15H2,2-4H3. The van der Waals surface area contributed by atoms with Gasteiger partial charge < -0.3 is 4.74 Å². The Hall–Kier alpha value is -2.46. The molecule has 0 fully saturated rings. The highest BCUT2D eigenvalue weighted by Gasteiger charge is 2.08. The van der Waals surface area contributed by atoms with E-state index in [2.05, 4.69) is 11.5 Å². The van der Waals surface area contributed by atoms with E-state index >= 15 is 0 Å². The normalized spacial score (nSPS) is 11.2. The first-order chi connectivity index (χ1) is 11.9. The lowest BCUT2D eigenvalue weighted by Gasteiger charge is -2.10. The molecule has 0 N–H and O–H groups in total. The van der Waals surface area contributed by atoms with E-state index in [0.717, 1.165) is 18.7 Å². The molecule has 0 amide bonds. The molecule has 0 unspecified atom stereocenters. The van der Waals surface area contributed by atoms with Crippen molar-refractivity contribution in [1.82, 2.24) is 4.90 Å². The lowest BCUT2D eigenvalue weighted by Crippen LogP contribution is -2.17. The van der Waals surface area contributed by atoms with Crippen LogP contribution in [-0.4, -0.2) is 37.4 Å². The zero-order valence-electron chi connectivity index (χ0n) is 15.2. The van der Waals surface area contributed by atoms with Crippen molar-refractivity contribution in [3.05, 3.63) is 78.2 Å². The number of carbonyl (C=O) groups excluding carboxylic acids is 1. The Morgan fingerprint density at radius 3 is 2.68 bits per heavy atom. The third-order valence-electron chi connectivity index (χ3n) is 3.25. The average molecular weight is 343 g/mol. The summed E-state index contributed by atoms with van der Waals surface area (Å²) in [6.45, 7) is 9.39. The van der Waals surface area contributed by atoms with E-state index in [9.17, 15) is 9.18 Å². The second kappa shape index (κ2) is 11.2. The van der Waals surface area contributed by atoms with E-state index in [-0.39, 0.29) is 18.1 Å². The van der Waals surface area contributed by atoms with E-state index in [0.29, 0.717) is 5.56 Å². The first-order valence-corrected chi connectivity index (χ1v) is 8.16. The smallest absolute Gasteiger partial charge is 0.185 e. The van der Waals surface area contributed by atoms with Crippen LogP contribution in [0.25, 0.3) is 0 Å². The number of ketones is 1. The van der Waals surface area contributed by atoms with E-state index in [1.165, 1.54) is 18.2 Å². The van der Waals surface area contributed by atoms with Crippen LogP contribution in [0.1, 0.15) is 24.2 Å². The lowest BCUT2D eigenvalue weighted by atomic mass is 10.1. The zero-order chi connectivity index (χ0) is 18.7. The van der Waals surface area contributed by atoms with Crippen molar-refractivity contribution in [2.75, 3.05) is 26.7 Å². The van der Waals surface area contributed by atoms with Gasteiger partial charge in [-0.3, -0.25) is 9.69 Å². The van der Waals surface area contributed by atoms with Gasteiger partial charge in [-0.1, -0.05) is 36.0 Å². The molecule has 0 aliphatic heterocycles. The largest absolute Gasteiger partial charge is 0.486 e. The number of likely N-dealkylation sites (N-methyl/N-ethyl adjacent to an activating group) is 1. The van der Waals surface area contributed by atoms with Gasteiger partial charge in [-0.2, -0.15) is 0 Å². The Morgan fingerprint density at radius 2 is 2.04 bits per heavy atom. The van der Waals surface area contributed by atoms with E-state index < -0.39 is 5.82 Å². The predicted octanol–water partition coefficient (Wildman–Crippen LogP) is 4.58. The summed E-state index contributed by atoms with van der Waals surface area (Å²) in [4.78, 5) is 14.0. The van der Waals surface area contributed by atoms with Crippen molar-refractivity contribution in [2.24, 2.45) is 0 Å². The molecule has 0 aromatic heterocycles.